The Kier molecular flexibility index (Phi) is 5.99. The predicted molar refractivity (Wildman–Crippen MR) is 102 cm³/mol. The van der Waals surface area contributed by atoms with Crippen molar-refractivity contribution in [2.45, 2.75) is 32.7 Å². The summed E-state index contributed by atoms with van der Waals surface area (Å²) >= 11 is 0. The van der Waals surface area contributed by atoms with Crippen LogP contribution < -0.4 is 4.74 Å². The van der Waals surface area contributed by atoms with Gasteiger partial charge in [-0.25, -0.2) is 4.39 Å². The number of ether oxygens (including phenoxy) is 1. The highest BCUT2D eigenvalue weighted by molar-refractivity contribution is 5.90. The smallest absolute Gasteiger partial charge is 0.147 e. The third-order valence-electron chi connectivity index (χ3n) is 4.50. The van der Waals surface area contributed by atoms with Crippen LogP contribution in [0.15, 0.2) is 41.1 Å². The van der Waals surface area contributed by atoms with Crippen molar-refractivity contribution in [2.24, 2.45) is 0 Å². The summed E-state index contributed by atoms with van der Waals surface area (Å²) in [5.74, 6) is 1.34. The maximum Gasteiger partial charge on any atom is 0.147 e. The lowest BCUT2D eigenvalue weighted by atomic mass is 10.1. The third kappa shape index (κ3) is 4.10. The molecule has 0 spiro atoms. The van der Waals surface area contributed by atoms with Crippen molar-refractivity contribution in [3.8, 4) is 5.75 Å². The second-order valence-corrected chi connectivity index (χ2v) is 6.89. The van der Waals surface area contributed by atoms with Gasteiger partial charge in [-0.2, -0.15) is 0 Å². The second-order valence-electron chi connectivity index (χ2n) is 6.89. The minimum atomic E-state index is -0.231. The van der Waals surface area contributed by atoms with Crippen LogP contribution in [0, 0.1) is 5.82 Å². The van der Waals surface area contributed by atoms with Gasteiger partial charge in [-0.15, -0.1) is 0 Å². The fraction of sp³-hybridized carbons (Fsp3) is 0.429. The molecule has 0 aliphatic carbocycles. The molecule has 3 aromatic rings. The molecule has 0 radical (unpaired) electrons. The Balaban J connectivity index is 2.04. The van der Waals surface area contributed by atoms with Crippen LogP contribution >= 0.6 is 0 Å². The zero-order valence-corrected chi connectivity index (χ0v) is 15.8. The van der Waals surface area contributed by atoms with Crippen LogP contribution in [-0.2, 0) is 13.0 Å². The lowest BCUT2D eigenvalue weighted by molar-refractivity contribution is 0.312. The van der Waals surface area contributed by atoms with Gasteiger partial charge < -0.3 is 18.6 Å². The first-order valence-corrected chi connectivity index (χ1v) is 9.20. The Labute approximate surface area is 154 Å². The molecule has 3 rings (SSSR count). The van der Waals surface area contributed by atoms with Crippen molar-refractivity contribution in [2.75, 3.05) is 27.2 Å². The van der Waals surface area contributed by atoms with Crippen molar-refractivity contribution in [1.29, 1.82) is 0 Å². The summed E-state index contributed by atoms with van der Waals surface area (Å²) in [7, 11) is 4.09. The molecule has 0 aliphatic rings. The van der Waals surface area contributed by atoms with Gasteiger partial charge in [0, 0.05) is 18.1 Å². The topological polar surface area (TPSA) is 30.5 Å². The van der Waals surface area contributed by atoms with Crippen molar-refractivity contribution in [1.82, 2.24) is 9.47 Å². The highest BCUT2D eigenvalue weighted by Gasteiger charge is 2.18. The summed E-state index contributed by atoms with van der Waals surface area (Å²) in [6.07, 6.45) is 6.56. The van der Waals surface area contributed by atoms with Crippen molar-refractivity contribution in [3.05, 3.63) is 53.9 Å². The predicted octanol–water partition coefficient (Wildman–Crippen LogP) is 4.70. The number of likely N-dealkylation sites (N-methyl/N-ethyl adjacent to an activating group) is 1. The average molecular weight is 358 g/mol. The number of furan rings is 1. The maximum atomic E-state index is 14.7. The van der Waals surface area contributed by atoms with Gasteiger partial charge in [-0.3, -0.25) is 0 Å². The molecule has 26 heavy (non-hydrogen) atoms. The first-order chi connectivity index (χ1) is 12.6. The zero-order valence-electron chi connectivity index (χ0n) is 15.8. The molecule has 0 unspecified atom stereocenters. The number of rotatable bonds is 9. The molecule has 0 saturated heterocycles. The van der Waals surface area contributed by atoms with Crippen LogP contribution in [0.2, 0.25) is 0 Å². The second kappa shape index (κ2) is 8.41. The average Bonchev–Trinajstić information content (AvgIpc) is 3.24. The molecule has 0 atom stereocenters. The van der Waals surface area contributed by atoms with E-state index in [0.717, 1.165) is 48.3 Å². The van der Waals surface area contributed by atoms with Crippen LogP contribution in [-0.4, -0.2) is 36.7 Å². The van der Waals surface area contributed by atoms with Gasteiger partial charge in [0.2, 0.25) is 0 Å². The van der Waals surface area contributed by atoms with Crippen molar-refractivity contribution in [3.63, 3.8) is 0 Å². The molecule has 2 aromatic heterocycles. The number of halogens is 1. The van der Waals surface area contributed by atoms with Crippen molar-refractivity contribution < 1.29 is 13.5 Å². The highest BCUT2D eigenvalue weighted by Crippen LogP contribution is 2.34. The Bertz CT molecular complexity index is 837. The quantitative estimate of drug-likeness (QED) is 0.519. The molecule has 1 aromatic carbocycles. The number of fused-ring (bicyclic) bond motifs is 1. The van der Waals surface area contributed by atoms with E-state index in [1.54, 1.807) is 12.3 Å². The summed E-state index contributed by atoms with van der Waals surface area (Å²) in [4.78, 5) is 2.13. The minimum absolute atomic E-state index is 0.231. The van der Waals surface area contributed by atoms with E-state index < -0.39 is 0 Å². The molecule has 0 saturated carbocycles. The van der Waals surface area contributed by atoms with Crippen LogP contribution in [0.4, 0.5) is 4.39 Å². The summed E-state index contributed by atoms with van der Waals surface area (Å²) in [6, 6.07) is 7.01. The van der Waals surface area contributed by atoms with E-state index in [2.05, 4.69) is 11.8 Å². The molecule has 4 nitrogen and oxygen atoms in total. The molecular weight excluding hydrogens is 331 g/mol. The molecule has 0 aliphatic heterocycles. The van der Waals surface area contributed by atoms with Gasteiger partial charge in [-0.05, 0) is 56.8 Å². The molecule has 0 amide bonds. The van der Waals surface area contributed by atoms with Crippen LogP contribution in [0.25, 0.3) is 10.9 Å². The van der Waals surface area contributed by atoms with E-state index in [1.165, 1.54) is 6.07 Å². The molecule has 2 heterocycles. The monoisotopic (exact) mass is 358 g/mol. The molecular formula is C21H27FN2O2. The highest BCUT2D eigenvalue weighted by atomic mass is 19.1. The number of hydrogen-bond donors (Lipinski definition) is 0. The van der Waals surface area contributed by atoms with Gasteiger partial charge in [0.25, 0.3) is 0 Å². The normalized spacial score (nSPS) is 11.6. The Morgan fingerprint density at radius 3 is 2.77 bits per heavy atom. The number of unbranched alkanes of at least 4 members (excludes halogenated alkanes) is 1. The standard InChI is InChI=1S/C21H27FN2O2/c1-4-5-12-26-19-9-8-18(22)21-20(19)16(10-11-23(2)3)14-24(21)15-17-7-6-13-25-17/h6-9,13-14H,4-5,10-12,15H2,1-3H3. The molecule has 0 fully saturated rings. The first kappa shape index (κ1) is 18.5. The SMILES string of the molecule is CCCCOc1ccc(F)c2c1c(CCN(C)C)cn2Cc1ccco1. The van der Waals surface area contributed by atoms with Crippen LogP contribution in [0.1, 0.15) is 31.1 Å². The number of aromatic nitrogens is 1. The first-order valence-electron chi connectivity index (χ1n) is 9.20. The minimum Gasteiger partial charge on any atom is -0.493 e. The molecule has 5 heteroatoms. The Hall–Kier alpha value is -2.27. The number of nitrogens with zero attached hydrogens (tertiary/aromatic N) is 2. The van der Waals surface area contributed by atoms with Crippen LogP contribution in [0.5, 0.6) is 5.75 Å². The van der Waals surface area contributed by atoms with Gasteiger partial charge >= 0.3 is 0 Å². The lowest BCUT2D eigenvalue weighted by Gasteiger charge is -2.11. The van der Waals surface area contributed by atoms with Gasteiger partial charge in [0.05, 0.1) is 24.9 Å². The fourth-order valence-corrected chi connectivity index (χ4v) is 3.13. The molecule has 140 valence electrons. The summed E-state index contributed by atoms with van der Waals surface area (Å²) in [5, 5.41) is 0.884. The van der Waals surface area contributed by atoms with E-state index in [9.17, 15) is 4.39 Å². The largest absolute Gasteiger partial charge is 0.493 e. The Morgan fingerprint density at radius 2 is 2.08 bits per heavy atom. The van der Waals surface area contributed by atoms with Crippen LogP contribution in [0.3, 0.4) is 0 Å². The van der Waals surface area contributed by atoms with Gasteiger partial charge in [0.1, 0.15) is 17.3 Å². The summed E-state index contributed by atoms with van der Waals surface area (Å²) < 4.78 is 28.1. The summed E-state index contributed by atoms with van der Waals surface area (Å²) in [5.41, 5.74) is 1.69. The van der Waals surface area contributed by atoms with E-state index in [1.807, 2.05) is 37.0 Å². The van der Waals surface area contributed by atoms with E-state index in [-0.39, 0.29) is 5.82 Å². The van der Waals surface area contributed by atoms with E-state index >= 15 is 0 Å². The fourth-order valence-electron chi connectivity index (χ4n) is 3.13. The molecule has 0 bridgehead atoms. The zero-order chi connectivity index (χ0) is 18.5. The van der Waals surface area contributed by atoms with Gasteiger partial charge in [-0.1, -0.05) is 13.3 Å². The summed E-state index contributed by atoms with van der Waals surface area (Å²) in [6.45, 7) is 4.17. The number of benzene rings is 1. The van der Waals surface area contributed by atoms with Crippen molar-refractivity contribution >= 4 is 10.9 Å². The lowest BCUT2D eigenvalue weighted by Crippen LogP contribution is -2.15. The van der Waals surface area contributed by atoms with E-state index in [0.29, 0.717) is 18.7 Å². The molecule has 0 N–H and O–H groups in total. The van der Waals surface area contributed by atoms with Gasteiger partial charge in [0.15, 0.2) is 0 Å². The Morgan fingerprint density at radius 1 is 1.23 bits per heavy atom. The number of hydrogen-bond acceptors (Lipinski definition) is 3. The van der Waals surface area contributed by atoms with E-state index in [4.69, 9.17) is 9.15 Å². The maximum absolute atomic E-state index is 14.7. The third-order valence-corrected chi connectivity index (χ3v) is 4.50.